The van der Waals surface area contributed by atoms with E-state index in [1.165, 1.54) is 38.0 Å². The molecule has 2 amide bonds. The summed E-state index contributed by atoms with van der Waals surface area (Å²) in [5.41, 5.74) is 0.776. The van der Waals surface area contributed by atoms with E-state index in [-0.39, 0.29) is 10.6 Å². The monoisotopic (exact) mass is 491 g/mol. The van der Waals surface area contributed by atoms with Crippen LogP contribution in [-0.4, -0.2) is 54.8 Å². The molecule has 0 radical (unpaired) electrons. The van der Waals surface area contributed by atoms with Crippen molar-refractivity contribution >= 4 is 28.7 Å². The number of hydrogen-bond acceptors (Lipinski definition) is 6. The van der Waals surface area contributed by atoms with E-state index in [9.17, 15) is 13.6 Å². The van der Waals surface area contributed by atoms with Crippen molar-refractivity contribution in [1.82, 2.24) is 15.4 Å². The van der Waals surface area contributed by atoms with Crippen LogP contribution in [0.2, 0.25) is 0 Å². The first kappa shape index (κ1) is 25.4. The van der Waals surface area contributed by atoms with Gasteiger partial charge < -0.3 is 10.2 Å². The van der Waals surface area contributed by atoms with Gasteiger partial charge in [0.15, 0.2) is 0 Å². The number of urea groups is 1. The van der Waals surface area contributed by atoms with Crippen LogP contribution in [-0.2, 0) is 14.5 Å². The molecule has 0 aliphatic carbocycles. The summed E-state index contributed by atoms with van der Waals surface area (Å²) < 4.78 is 28.6. The van der Waals surface area contributed by atoms with Crippen molar-refractivity contribution in [2.24, 2.45) is 10.3 Å². The fourth-order valence-electron chi connectivity index (χ4n) is 3.52. The van der Waals surface area contributed by atoms with Gasteiger partial charge in [-0.3, -0.25) is 4.84 Å². The van der Waals surface area contributed by atoms with Gasteiger partial charge in [0.05, 0.1) is 7.11 Å². The molecule has 1 aliphatic rings. The van der Waals surface area contributed by atoms with E-state index in [0.717, 1.165) is 28.8 Å². The normalized spacial score (nSPS) is 18.0. The van der Waals surface area contributed by atoms with Crippen LogP contribution in [0.5, 0.6) is 0 Å². The summed E-state index contributed by atoms with van der Waals surface area (Å²) in [6.45, 7) is 2.32. The lowest BCUT2D eigenvalue weighted by Crippen LogP contribution is -2.47. The van der Waals surface area contributed by atoms with Crippen molar-refractivity contribution in [2.45, 2.75) is 24.6 Å². The number of hydrazone groups is 1. The SMILES string of the molecule is CON=C(C)NCCCC1(c2ccccc2)SC(c2cc(F)ccc2F)=NN1C(=O)N(C)OC. The number of rotatable bonds is 8. The van der Waals surface area contributed by atoms with Gasteiger partial charge in [0.25, 0.3) is 0 Å². The summed E-state index contributed by atoms with van der Waals surface area (Å²) >= 11 is 1.20. The highest BCUT2D eigenvalue weighted by Crippen LogP contribution is 2.50. The Bertz CT molecular complexity index is 1070. The Morgan fingerprint density at radius 1 is 1.24 bits per heavy atom. The van der Waals surface area contributed by atoms with Crippen LogP contribution in [0.15, 0.2) is 58.8 Å². The Balaban J connectivity index is 2.03. The van der Waals surface area contributed by atoms with Crippen LogP contribution in [0.3, 0.4) is 0 Å². The van der Waals surface area contributed by atoms with Crippen molar-refractivity contribution < 1.29 is 23.3 Å². The standard InChI is InChI=1S/C23H27F2N5O3S/c1-16(28-32-3)26-14-8-13-23(17-9-6-5-7-10-17)30(22(31)29(2)33-4)27-21(34-23)19-15-18(24)11-12-20(19)25/h5-7,9-12,15H,8,13-14H2,1-4H3,(H,26,28). The van der Waals surface area contributed by atoms with E-state index in [2.05, 4.69) is 15.6 Å². The van der Waals surface area contributed by atoms with Crippen LogP contribution in [0.25, 0.3) is 0 Å². The maximum absolute atomic E-state index is 14.7. The van der Waals surface area contributed by atoms with Gasteiger partial charge in [-0.05, 0) is 43.5 Å². The molecule has 1 atom stereocenters. The number of hydroxylamine groups is 2. The average molecular weight is 492 g/mol. The second kappa shape index (κ2) is 11.3. The molecule has 1 N–H and O–H groups in total. The van der Waals surface area contributed by atoms with Crippen LogP contribution in [0.1, 0.15) is 30.9 Å². The molecule has 2 aromatic carbocycles. The zero-order valence-electron chi connectivity index (χ0n) is 19.4. The van der Waals surface area contributed by atoms with E-state index in [4.69, 9.17) is 9.68 Å². The molecule has 2 aromatic rings. The molecule has 0 saturated carbocycles. The number of halogens is 2. The van der Waals surface area contributed by atoms with Gasteiger partial charge in [0.2, 0.25) is 0 Å². The van der Waals surface area contributed by atoms with E-state index < -0.39 is 22.5 Å². The molecule has 1 heterocycles. The van der Waals surface area contributed by atoms with E-state index in [0.29, 0.717) is 25.2 Å². The molecule has 0 fully saturated rings. The fourth-order valence-corrected chi connectivity index (χ4v) is 4.94. The van der Waals surface area contributed by atoms with Crippen molar-refractivity contribution in [3.05, 3.63) is 71.3 Å². The summed E-state index contributed by atoms with van der Waals surface area (Å²) in [5, 5.41) is 14.0. The molecule has 8 nitrogen and oxygen atoms in total. The molecule has 1 unspecified atom stereocenters. The fraction of sp³-hybridized carbons (Fsp3) is 0.348. The second-order valence-electron chi connectivity index (χ2n) is 7.45. The summed E-state index contributed by atoms with van der Waals surface area (Å²) in [4.78, 5) is 22.2. The van der Waals surface area contributed by atoms with Crippen molar-refractivity contribution in [3.8, 4) is 0 Å². The summed E-state index contributed by atoms with van der Waals surface area (Å²) in [6.07, 6.45) is 1.05. The van der Waals surface area contributed by atoms with Gasteiger partial charge in [-0.15, -0.1) is 0 Å². The molecule has 3 rings (SSSR count). The molecular formula is C23H27F2N5O3S. The maximum Gasteiger partial charge on any atom is 0.365 e. The predicted molar refractivity (Wildman–Crippen MR) is 128 cm³/mol. The number of oxime groups is 1. The number of hydrogen-bond donors (Lipinski definition) is 1. The highest BCUT2D eigenvalue weighted by molar-refractivity contribution is 8.15. The number of carbonyl (C=O) groups is 1. The van der Waals surface area contributed by atoms with Crippen LogP contribution in [0.4, 0.5) is 13.6 Å². The highest BCUT2D eigenvalue weighted by Gasteiger charge is 2.49. The number of nitrogens with one attached hydrogen (secondary N) is 1. The smallest absolute Gasteiger partial charge is 0.365 e. The summed E-state index contributed by atoms with van der Waals surface area (Å²) in [5.74, 6) is -0.612. The zero-order valence-corrected chi connectivity index (χ0v) is 20.2. The van der Waals surface area contributed by atoms with Crippen molar-refractivity contribution in [2.75, 3.05) is 27.8 Å². The first-order valence-corrected chi connectivity index (χ1v) is 11.4. The third-order valence-electron chi connectivity index (χ3n) is 5.21. The van der Waals surface area contributed by atoms with E-state index in [1.54, 1.807) is 6.92 Å². The van der Waals surface area contributed by atoms with Crippen LogP contribution in [0, 0.1) is 11.6 Å². The third-order valence-corrected chi connectivity index (χ3v) is 6.65. The minimum absolute atomic E-state index is 0.0122. The van der Waals surface area contributed by atoms with E-state index >= 15 is 0 Å². The second-order valence-corrected chi connectivity index (χ2v) is 8.71. The van der Waals surface area contributed by atoms with Gasteiger partial charge in [0, 0.05) is 19.2 Å². The number of benzene rings is 2. The Hall–Kier alpha value is -3.18. The van der Waals surface area contributed by atoms with Gasteiger partial charge in [-0.25, -0.2) is 18.6 Å². The number of nitrogens with zero attached hydrogens (tertiary/aromatic N) is 4. The van der Waals surface area contributed by atoms with Crippen molar-refractivity contribution in [1.29, 1.82) is 0 Å². The lowest BCUT2D eigenvalue weighted by Gasteiger charge is -2.37. The molecule has 0 saturated heterocycles. The largest absolute Gasteiger partial charge is 0.398 e. The lowest BCUT2D eigenvalue weighted by atomic mass is 10.0. The predicted octanol–water partition coefficient (Wildman–Crippen LogP) is 4.49. The first-order valence-electron chi connectivity index (χ1n) is 10.5. The molecule has 1 aliphatic heterocycles. The molecule has 0 spiro atoms. The summed E-state index contributed by atoms with van der Waals surface area (Å²) in [7, 11) is 4.29. The van der Waals surface area contributed by atoms with Gasteiger partial charge in [0.1, 0.15) is 34.5 Å². The molecule has 11 heteroatoms. The zero-order chi connectivity index (χ0) is 24.7. The maximum atomic E-state index is 14.7. The van der Waals surface area contributed by atoms with Gasteiger partial charge in [-0.1, -0.05) is 47.2 Å². The lowest BCUT2D eigenvalue weighted by molar-refractivity contribution is -0.0805. The number of amidine groups is 1. The van der Waals surface area contributed by atoms with Gasteiger partial charge >= 0.3 is 6.03 Å². The Morgan fingerprint density at radius 3 is 2.65 bits per heavy atom. The molecule has 34 heavy (non-hydrogen) atoms. The summed E-state index contributed by atoms with van der Waals surface area (Å²) in [6, 6.07) is 12.0. The molecule has 0 aromatic heterocycles. The quantitative estimate of drug-likeness (QED) is 0.255. The number of thioether (sulfide) groups is 1. The number of carbonyl (C=O) groups excluding carboxylic acids is 1. The molecule has 182 valence electrons. The molecular weight excluding hydrogens is 464 g/mol. The first-order chi connectivity index (χ1) is 16.3. The minimum Gasteiger partial charge on any atom is -0.398 e. The Kier molecular flexibility index (Phi) is 8.46. The number of amides is 2. The van der Waals surface area contributed by atoms with Crippen LogP contribution < -0.4 is 5.32 Å². The van der Waals surface area contributed by atoms with Gasteiger partial charge in [-0.2, -0.15) is 10.1 Å². The minimum atomic E-state index is -1.02. The Morgan fingerprint density at radius 2 is 1.97 bits per heavy atom. The van der Waals surface area contributed by atoms with Crippen LogP contribution >= 0.6 is 11.8 Å². The third kappa shape index (κ3) is 5.48. The highest BCUT2D eigenvalue weighted by atomic mass is 32.2. The molecule has 0 bridgehead atoms. The topological polar surface area (TPSA) is 78.8 Å². The average Bonchev–Trinajstić information content (AvgIpc) is 3.23. The Labute approximate surface area is 201 Å². The van der Waals surface area contributed by atoms with Crippen molar-refractivity contribution in [3.63, 3.8) is 0 Å². The van der Waals surface area contributed by atoms with E-state index in [1.807, 2.05) is 30.3 Å².